The van der Waals surface area contributed by atoms with Crippen LogP contribution in [0.4, 0.5) is 0 Å². The van der Waals surface area contributed by atoms with Gasteiger partial charge in [0.05, 0.1) is 5.02 Å². The van der Waals surface area contributed by atoms with Gasteiger partial charge in [0.1, 0.15) is 5.69 Å². The van der Waals surface area contributed by atoms with Gasteiger partial charge in [-0.15, -0.1) is 0 Å². The van der Waals surface area contributed by atoms with Crippen molar-refractivity contribution in [3.63, 3.8) is 0 Å². The number of rotatable bonds is 2. The van der Waals surface area contributed by atoms with Crippen LogP contribution in [-0.4, -0.2) is 52.9 Å². The summed E-state index contributed by atoms with van der Waals surface area (Å²) in [4.78, 5) is 20.0. The zero-order valence-electron chi connectivity index (χ0n) is 11.2. The predicted octanol–water partition coefficient (Wildman–Crippen LogP) is 2.37. The lowest BCUT2D eigenvalue weighted by Crippen LogP contribution is -2.47. The van der Waals surface area contributed by atoms with Crippen LogP contribution < -0.4 is 0 Å². The molecule has 19 heavy (non-hydrogen) atoms. The molecule has 1 aromatic rings. The topological polar surface area (TPSA) is 39.3 Å². The minimum Gasteiger partial charge on any atom is -0.356 e. The largest absolute Gasteiger partial charge is 0.356 e. The Kier molecular flexibility index (Phi) is 3.54. The van der Waals surface area contributed by atoms with Crippen molar-refractivity contribution < 1.29 is 4.79 Å². The minimum absolute atomic E-state index is 0.0923. The molecule has 0 bridgehead atoms. The molecule has 3 rings (SSSR count). The lowest BCUT2D eigenvalue weighted by Gasteiger charge is -2.33. The molecule has 0 unspecified atom stereocenters. The summed E-state index contributed by atoms with van der Waals surface area (Å²) in [6, 6.07) is 2.61. The predicted molar refractivity (Wildman–Crippen MR) is 75.5 cm³/mol. The van der Waals surface area contributed by atoms with Gasteiger partial charge in [0.25, 0.3) is 5.91 Å². The number of hydrogen-bond donors (Lipinski definition) is 1. The van der Waals surface area contributed by atoms with E-state index in [4.69, 9.17) is 11.6 Å². The van der Waals surface area contributed by atoms with Gasteiger partial charge in [0.15, 0.2) is 0 Å². The van der Waals surface area contributed by atoms with E-state index >= 15 is 0 Å². The Morgan fingerprint density at radius 3 is 2.68 bits per heavy atom. The van der Waals surface area contributed by atoms with Crippen LogP contribution in [0.25, 0.3) is 0 Å². The van der Waals surface area contributed by atoms with E-state index in [0.29, 0.717) is 22.8 Å². The van der Waals surface area contributed by atoms with Gasteiger partial charge in [-0.2, -0.15) is 0 Å². The van der Waals surface area contributed by atoms with Gasteiger partial charge in [-0.1, -0.05) is 11.6 Å². The van der Waals surface area contributed by atoms with E-state index in [1.165, 1.54) is 12.8 Å². The third-order valence-electron chi connectivity index (χ3n) is 4.46. The van der Waals surface area contributed by atoms with Crippen molar-refractivity contribution in [3.05, 3.63) is 23.0 Å². The van der Waals surface area contributed by atoms with Crippen LogP contribution in [0.15, 0.2) is 12.3 Å². The SMILES string of the molecule is CN1CCC[C@H]1[C@H]1CCCN1C(=O)c1cc(Cl)c[nH]1. The van der Waals surface area contributed by atoms with Crippen LogP contribution in [-0.2, 0) is 0 Å². The van der Waals surface area contributed by atoms with Crippen molar-refractivity contribution in [2.24, 2.45) is 0 Å². The van der Waals surface area contributed by atoms with E-state index in [2.05, 4.69) is 16.9 Å². The monoisotopic (exact) mass is 281 g/mol. The average molecular weight is 282 g/mol. The molecular weight excluding hydrogens is 262 g/mol. The van der Waals surface area contributed by atoms with Gasteiger partial charge in [-0.25, -0.2) is 0 Å². The highest BCUT2D eigenvalue weighted by atomic mass is 35.5. The van der Waals surface area contributed by atoms with Gasteiger partial charge in [0.2, 0.25) is 0 Å². The normalized spacial score (nSPS) is 28.2. The number of likely N-dealkylation sites (tertiary alicyclic amines) is 2. The van der Waals surface area contributed by atoms with Crippen molar-refractivity contribution in [3.8, 4) is 0 Å². The fraction of sp³-hybridized carbons (Fsp3) is 0.643. The molecule has 104 valence electrons. The third kappa shape index (κ3) is 2.39. The van der Waals surface area contributed by atoms with E-state index in [-0.39, 0.29) is 5.91 Å². The number of amides is 1. The summed E-state index contributed by atoms with van der Waals surface area (Å²) in [7, 11) is 2.17. The highest BCUT2D eigenvalue weighted by molar-refractivity contribution is 6.30. The maximum absolute atomic E-state index is 12.6. The fourth-order valence-corrected chi connectivity index (χ4v) is 3.68. The Labute approximate surface area is 118 Å². The lowest BCUT2D eigenvalue weighted by molar-refractivity contribution is 0.0659. The third-order valence-corrected chi connectivity index (χ3v) is 4.68. The quantitative estimate of drug-likeness (QED) is 0.904. The minimum atomic E-state index is 0.0923. The summed E-state index contributed by atoms with van der Waals surface area (Å²) in [5.41, 5.74) is 0.609. The van der Waals surface area contributed by atoms with Gasteiger partial charge < -0.3 is 14.8 Å². The molecule has 1 amide bonds. The van der Waals surface area contributed by atoms with Gasteiger partial charge in [-0.05, 0) is 45.3 Å². The number of halogens is 1. The summed E-state index contributed by atoms with van der Waals surface area (Å²) >= 11 is 5.89. The molecule has 3 heterocycles. The Hall–Kier alpha value is -1.00. The van der Waals surface area contributed by atoms with E-state index in [0.717, 1.165) is 25.9 Å². The molecule has 0 radical (unpaired) electrons. The molecule has 0 aromatic carbocycles. The average Bonchev–Trinajstić information content (AvgIpc) is 3.07. The molecule has 2 aliphatic heterocycles. The van der Waals surface area contributed by atoms with Crippen LogP contribution in [0.1, 0.15) is 36.2 Å². The van der Waals surface area contributed by atoms with Crippen LogP contribution >= 0.6 is 11.6 Å². The van der Waals surface area contributed by atoms with E-state index in [1.54, 1.807) is 12.3 Å². The smallest absolute Gasteiger partial charge is 0.270 e. The molecule has 0 saturated carbocycles. The molecule has 1 N–H and O–H groups in total. The first-order chi connectivity index (χ1) is 9.16. The fourth-order valence-electron chi connectivity index (χ4n) is 3.51. The van der Waals surface area contributed by atoms with Crippen molar-refractivity contribution in [1.82, 2.24) is 14.8 Å². The number of carbonyl (C=O) groups is 1. The van der Waals surface area contributed by atoms with Crippen LogP contribution in [0, 0.1) is 0 Å². The van der Waals surface area contributed by atoms with Crippen molar-refractivity contribution in [2.75, 3.05) is 20.1 Å². The number of aromatic amines is 1. The summed E-state index contributed by atoms with van der Waals surface area (Å²) in [6.07, 6.45) is 6.34. The first kappa shape index (κ1) is 13.0. The molecule has 4 nitrogen and oxygen atoms in total. The maximum atomic E-state index is 12.6. The number of aromatic nitrogens is 1. The van der Waals surface area contributed by atoms with Crippen molar-refractivity contribution in [1.29, 1.82) is 0 Å². The Balaban J connectivity index is 1.77. The van der Waals surface area contributed by atoms with Gasteiger partial charge >= 0.3 is 0 Å². The van der Waals surface area contributed by atoms with Crippen molar-refractivity contribution in [2.45, 2.75) is 37.8 Å². The Morgan fingerprint density at radius 1 is 1.32 bits per heavy atom. The molecule has 5 heteroatoms. The summed E-state index contributed by atoms with van der Waals surface area (Å²) in [5.74, 6) is 0.0923. The number of H-pyrrole nitrogens is 1. The number of carbonyl (C=O) groups excluding carboxylic acids is 1. The molecule has 0 aliphatic carbocycles. The summed E-state index contributed by atoms with van der Waals surface area (Å²) < 4.78 is 0. The van der Waals surface area contributed by atoms with Crippen LogP contribution in [0.5, 0.6) is 0 Å². The van der Waals surface area contributed by atoms with Crippen molar-refractivity contribution >= 4 is 17.5 Å². The maximum Gasteiger partial charge on any atom is 0.270 e. The first-order valence-electron chi connectivity index (χ1n) is 7.02. The molecule has 2 saturated heterocycles. The second kappa shape index (κ2) is 5.17. The number of nitrogens with one attached hydrogen (secondary N) is 1. The molecule has 2 atom stereocenters. The van der Waals surface area contributed by atoms with E-state index < -0.39 is 0 Å². The van der Waals surface area contributed by atoms with Crippen LogP contribution in [0.3, 0.4) is 0 Å². The molecule has 0 spiro atoms. The zero-order chi connectivity index (χ0) is 13.4. The van der Waals surface area contributed by atoms with Gasteiger partial charge in [0, 0.05) is 24.8 Å². The summed E-state index contributed by atoms with van der Waals surface area (Å²) in [6.45, 7) is 2.02. The second-order valence-corrected chi connectivity index (χ2v) is 6.07. The Morgan fingerprint density at radius 2 is 2.05 bits per heavy atom. The number of hydrogen-bond acceptors (Lipinski definition) is 2. The summed E-state index contributed by atoms with van der Waals surface area (Å²) in [5, 5.41) is 0.595. The van der Waals surface area contributed by atoms with E-state index in [9.17, 15) is 4.79 Å². The Bertz CT molecular complexity index is 473. The molecule has 2 fully saturated rings. The van der Waals surface area contributed by atoms with Crippen LogP contribution in [0.2, 0.25) is 5.02 Å². The van der Waals surface area contributed by atoms with Gasteiger partial charge in [-0.3, -0.25) is 4.79 Å². The second-order valence-electron chi connectivity index (χ2n) is 5.63. The standard InChI is InChI=1S/C14H20ClN3O/c1-17-6-2-4-12(17)13-5-3-7-18(13)14(19)11-8-10(15)9-16-11/h8-9,12-13,16H,2-7H2,1H3/t12-,13+/m0/s1. The van der Waals surface area contributed by atoms with E-state index in [1.807, 2.05) is 4.90 Å². The highest BCUT2D eigenvalue weighted by Crippen LogP contribution is 2.30. The lowest BCUT2D eigenvalue weighted by atomic mass is 10.0. The zero-order valence-corrected chi connectivity index (χ0v) is 12.0. The molecule has 1 aromatic heterocycles. The molecular formula is C14H20ClN3O. The molecule has 2 aliphatic rings. The highest BCUT2D eigenvalue weighted by Gasteiger charge is 2.38. The number of nitrogens with zero attached hydrogens (tertiary/aromatic N) is 2. The number of likely N-dealkylation sites (N-methyl/N-ethyl adjacent to an activating group) is 1. The first-order valence-corrected chi connectivity index (χ1v) is 7.40.